The summed E-state index contributed by atoms with van der Waals surface area (Å²) in [5.41, 5.74) is 0. The first-order chi connectivity index (χ1) is 7.75. The highest BCUT2D eigenvalue weighted by Gasteiger charge is 2.28. The maximum atomic E-state index is 10.5. The number of aliphatic carboxylic acids is 1. The van der Waals surface area contributed by atoms with Crippen LogP contribution in [0.25, 0.3) is 0 Å². The molecule has 0 aromatic rings. The highest BCUT2D eigenvalue weighted by atomic mass is 16.4. The van der Waals surface area contributed by atoms with Crippen LogP contribution in [0.15, 0.2) is 0 Å². The molecular weight excluding hydrogens is 202 g/mol. The second-order valence-corrected chi connectivity index (χ2v) is 5.37. The van der Waals surface area contributed by atoms with E-state index in [2.05, 4.69) is 4.90 Å². The van der Waals surface area contributed by atoms with E-state index in [0.29, 0.717) is 6.42 Å². The molecule has 1 saturated carbocycles. The minimum Gasteiger partial charge on any atom is -0.481 e. The quantitative estimate of drug-likeness (QED) is 0.798. The minimum atomic E-state index is -0.669. The average Bonchev–Trinajstić information content (AvgIpc) is 2.80. The molecule has 1 N–H and O–H groups in total. The van der Waals surface area contributed by atoms with Crippen molar-refractivity contribution >= 4 is 5.97 Å². The van der Waals surface area contributed by atoms with Crippen molar-refractivity contribution in [3.63, 3.8) is 0 Å². The molecule has 0 aromatic heterocycles. The number of carboxylic acid groups (broad SMARTS) is 1. The van der Waals surface area contributed by atoms with Gasteiger partial charge in [0, 0.05) is 6.54 Å². The van der Waals surface area contributed by atoms with Crippen LogP contribution >= 0.6 is 0 Å². The van der Waals surface area contributed by atoms with Gasteiger partial charge in [0.05, 0.1) is 6.42 Å². The van der Waals surface area contributed by atoms with Crippen LogP contribution in [0.5, 0.6) is 0 Å². The summed E-state index contributed by atoms with van der Waals surface area (Å²) in [6.45, 7) is 2.98. The van der Waals surface area contributed by atoms with E-state index >= 15 is 0 Å². The van der Waals surface area contributed by atoms with Gasteiger partial charge in [0.2, 0.25) is 0 Å². The Hall–Kier alpha value is -0.570. The van der Waals surface area contributed by atoms with Crippen LogP contribution in [-0.4, -0.2) is 35.6 Å². The zero-order valence-electron chi connectivity index (χ0n) is 10.0. The molecule has 0 spiro atoms. The number of hydrogen-bond donors (Lipinski definition) is 1. The molecule has 0 bridgehead atoms. The van der Waals surface area contributed by atoms with Gasteiger partial charge in [-0.2, -0.15) is 0 Å². The molecule has 0 unspecified atom stereocenters. The lowest BCUT2D eigenvalue weighted by Crippen LogP contribution is -2.36. The van der Waals surface area contributed by atoms with Crippen molar-refractivity contribution in [2.24, 2.45) is 11.8 Å². The Morgan fingerprint density at radius 1 is 1.06 bits per heavy atom. The van der Waals surface area contributed by atoms with E-state index in [1.807, 2.05) is 0 Å². The van der Waals surface area contributed by atoms with E-state index in [0.717, 1.165) is 31.5 Å². The summed E-state index contributed by atoms with van der Waals surface area (Å²) >= 11 is 0. The van der Waals surface area contributed by atoms with Crippen LogP contribution in [0.1, 0.15) is 44.9 Å². The molecule has 2 aliphatic rings. The zero-order valence-corrected chi connectivity index (χ0v) is 10.0. The van der Waals surface area contributed by atoms with E-state index in [4.69, 9.17) is 5.11 Å². The Balaban J connectivity index is 1.67. The van der Waals surface area contributed by atoms with Crippen molar-refractivity contribution in [1.29, 1.82) is 0 Å². The number of piperidine rings is 1. The Bertz CT molecular complexity index is 228. The van der Waals surface area contributed by atoms with E-state index < -0.39 is 5.97 Å². The lowest BCUT2D eigenvalue weighted by atomic mass is 9.83. The summed E-state index contributed by atoms with van der Waals surface area (Å²) in [4.78, 5) is 12.8. The van der Waals surface area contributed by atoms with E-state index in [1.54, 1.807) is 0 Å². The molecule has 0 amide bonds. The molecular formula is C13H23NO2. The molecule has 1 heterocycles. The topological polar surface area (TPSA) is 40.5 Å². The number of nitrogens with zero attached hydrogens (tertiary/aromatic N) is 1. The van der Waals surface area contributed by atoms with Gasteiger partial charge in [0.15, 0.2) is 0 Å². The van der Waals surface area contributed by atoms with Gasteiger partial charge in [-0.15, -0.1) is 0 Å². The van der Waals surface area contributed by atoms with Crippen molar-refractivity contribution in [2.75, 3.05) is 19.6 Å². The fourth-order valence-corrected chi connectivity index (χ4v) is 3.33. The smallest absolute Gasteiger partial charge is 0.304 e. The average molecular weight is 225 g/mol. The van der Waals surface area contributed by atoms with Crippen molar-refractivity contribution in [3.8, 4) is 0 Å². The van der Waals surface area contributed by atoms with Crippen LogP contribution in [0.2, 0.25) is 0 Å². The number of rotatable bonds is 4. The van der Waals surface area contributed by atoms with Gasteiger partial charge < -0.3 is 10.0 Å². The fraction of sp³-hybridized carbons (Fsp3) is 0.923. The van der Waals surface area contributed by atoms with Gasteiger partial charge in [-0.05, 0) is 37.8 Å². The third-order valence-corrected chi connectivity index (χ3v) is 4.34. The maximum absolute atomic E-state index is 10.5. The Kier molecular flexibility index (Phi) is 4.22. The molecule has 16 heavy (non-hydrogen) atoms. The molecule has 2 rings (SSSR count). The summed E-state index contributed by atoms with van der Waals surface area (Å²) in [6.07, 6.45) is 8.65. The van der Waals surface area contributed by atoms with Crippen LogP contribution < -0.4 is 0 Å². The molecule has 1 aliphatic heterocycles. The lowest BCUT2D eigenvalue weighted by molar-refractivity contribution is -0.137. The largest absolute Gasteiger partial charge is 0.481 e. The monoisotopic (exact) mass is 225 g/mol. The van der Waals surface area contributed by atoms with Crippen LogP contribution in [0.4, 0.5) is 0 Å². The van der Waals surface area contributed by atoms with Crippen molar-refractivity contribution in [2.45, 2.75) is 44.9 Å². The SMILES string of the molecule is O=C(O)CCN1CCC(C2CCCC2)CC1. The third-order valence-electron chi connectivity index (χ3n) is 4.34. The van der Waals surface area contributed by atoms with Crippen molar-refractivity contribution < 1.29 is 9.90 Å². The summed E-state index contributed by atoms with van der Waals surface area (Å²) < 4.78 is 0. The molecule has 1 aliphatic carbocycles. The summed E-state index contributed by atoms with van der Waals surface area (Å²) in [7, 11) is 0. The van der Waals surface area contributed by atoms with Gasteiger partial charge in [-0.3, -0.25) is 4.79 Å². The second-order valence-electron chi connectivity index (χ2n) is 5.37. The molecule has 0 aromatic carbocycles. The Morgan fingerprint density at radius 3 is 2.19 bits per heavy atom. The Morgan fingerprint density at radius 2 is 1.62 bits per heavy atom. The predicted molar refractivity (Wildman–Crippen MR) is 63.4 cm³/mol. The molecule has 3 heteroatoms. The van der Waals surface area contributed by atoms with Crippen molar-refractivity contribution in [1.82, 2.24) is 4.90 Å². The van der Waals surface area contributed by atoms with Gasteiger partial charge in [-0.1, -0.05) is 25.7 Å². The summed E-state index contributed by atoms with van der Waals surface area (Å²) in [5.74, 6) is 1.25. The predicted octanol–water partition coefficient (Wildman–Crippen LogP) is 2.36. The number of likely N-dealkylation sites (tertiary alicyclic amines) is 1. The van der Waals surface area contributed by atoms with Gasteiger partial charge in [0.1, 0.15) is 0 Å². The van der Waals surface area contributed by atoms with E-state index in [-0.39, 0.29) is 0 Å². The van der Waals surface area contributed by atoms with Gasteiger partial charge in [0.25, 0.3) is 0 Å². The number of hydrogen-bond acceptors (Lipinski definition) is 2. The van der Waals surface area contributed by atoms with Crippen LogP contribution in [0.3, 0.4) is 0 Å². The first kappa shape index (κ1) is 11.9. The Labute approximate surface area is 97.8 Å². The first-order valence-electron chi connectivity index (χ1n) is 6.70. The second kappa shape index (κ2) is 5.67. The molecule has 3 nitrogen and oxygen atoms in total. The van der Waals surface area contributed by atoms with Crippen LogP contribution in [0, 0.1) is 11.8 Å². The number of carboxylic acids is 1. The van der Waals surface area contributed by atoms with Crippen LogP contribution in [-0.2, 0) is 4.79 Å². The lowest BCUT2D eigenvalue weighted by Gasteiger charge is -2.34. The van der Waals surface area contributed by atoms with Gasteiger partial charge >= 0.3 is 5.97 Å². The third kappa shape index (κ3) is 3.21. The molecule has 0 atom stereocenters. The minimum absolute atomic E-state index is 0.300. The maximum Gasteiger partial charge on any atom is 0.304 e. The zero-order chi connectivity index (χ0) is 11.4. The molecule has 1 saturated heterocycles. The highest BCUT2D eigenvalue weighted by Crippen LogP contribution is 2.36. The molecule has 2 fully saturated rings. The normalized spacial score (nSPS) is 25.0. The van der Waals surface area contributed by atoms with Crippen molar-refractivity contribution in [3.05, 3.63) is 0 Å². The molecule has 92 valence electrons. The van der Waals surface area contributed by atoms with Gasteiger partial charge in [-0.25, -0.2) is 0 Å². The molecule has 0 radical (unpaired) electrons. The standard InChI is InChI=1S/C13H23NO2/c15-13(16)7-10-14-8-5-12(6-9-14)11-3-1-2-4-11/h11-12H,1-10H2,(H,15,16). The fourth-order valence-electron chi connectivity index (χ4n) is 3.33. The van der Waals surface area contributed by atoms with E-state index in [1.165, 1.54) is 38.5 Å². The summed E-state index contributed by atoms with van der Waals surface area (Å²) in [6, 6.07) is 0. The highest BCUT2D eigenvalue weighted by molar-refractivity contribution is 5.66. The number of carbonyl (C=O) groups is 1. The van der Waals surface area contributed by atoms with E-state index in [9.17, 15) is 4.79 Å². The summed E-state index contributed by atoms with van der Waals surface area (Å²) in [5, 5.41) is 8.64. The first-order valence-corrected chi connectivity index (χ1v) is 6.70.